The van der Waals surface area contributed by atoms with E-state index in [1.165, 1.54) is 0 Å². The number of nitrogens with two attached hydrogens (primary N) is 1. The lowest BCUT2D eigenvalue weighted by Gasteiger charge is -2.13. The number of halogens is 1. The number of benzene rings is 1. The van der Waals surface area contributed by atoms with Crippen molar-refractivity contribution in [2.24, 2.45) is 5.73 Å². The van der Waals surface area contributed by atoms with Gasteiger partial charge in [-0.2, -0.15) is 0 Å². The fourth-order valence-electron chi connectivity index (χ4n) is 1.44. The Morgan fingerprint density at radius 1 is 1.32 bits per heavy atom. The van der Waals surface area contributed by atoms with Crippen molar-refractivity contribution in [1.82, 2.24) is 0 Å². The maximum Gasteiger partial charge on any atom is 0.225 e. The first-order valence-corrected chi connectivity index (χ1v) is 6.33. The summed E-state index contributed by atoms with van der Waals surface area (Å²) in [6.07, 6.45) is 1.49. The summed E-state index contributed by atoms with van der Waals surface area (Å²) in [4.78, 5) is 11.5. The van der Waals surface area contributed by atoms with Crippen LogP contribution in [0.15, 0.2) is 24.3 Å². The normalized spacial score (nSPS) is 13.1. The van der Waals surface area contributed by atoms with E-state index in [-0.39, 0.29) is 30.5 Å². The summed E-state index contributed by atoms with van der Waals surface area (Å²) in [5.74, 6) is 0.745. The smallest absolute Gasteiger partial charge is 0.225 e. The summed E-state index contributed by atoms with van der Waals surface area (Å²) >= 11 is 0. The van der Waals surface area contributed by atoms with Crippen LogP contribution in [0.5, 0.6) is 5.75 Å². The molecule has 0 heterocycles. The Kier molecular flexibility index (Phi) is 8.19. The molecule has 0 aliphatic carbocycles. The molecule has 0 bridgehead atoms. The van der Waals surface area contributed by atoms with Gasteiger partial charge in [-0.15, -0.1) is 12.4 Å². The second-order valence-electron chi connectivity index (χ2n) is 4.59. The zero-order chi connectivity index (χ0) is 13.5. The van der Waals surface area contributed by atoms with Crippen LogP contribution in [-0.4, -0.2) is 18.1 Å². The second kappa shape index (κ2) is 8.77. The first kappa shape index (κ1) is 17.7. The molecule has 19 heavy (non-hydrogen) atoms. The van der Waals surface area contributed by atoms with Gasteiger partial charge in [0.05, 0.1) is 6.10 Å². The Morgan fingerprint density at radius 3 is 2.37 bits per heavy atom. The number of rotatable bonds is 6. The molecule has 108 valence electrons. The minimum Gasteiger partial charge on any atom is -0.491 e. The molecular formula is C14H23ClN2O2. The van der Waals surface area contributed by atoms with Gasteiger partial charge in [-0.1, -0.05) is 6.92 Å². The van der Waals surface area contributed by atoms with Crippen LogP contribution in [0.3, 0.4) is 0 Å². The first-order chi connectivity index (χ1) is 8.51. The number of hydrogen-bond donors (Lipinski definition) is 2. The van der Waals surface area contributed by atoms with E-state index in [1.54, 1.807) is 0 Å². The maximum atomic E-state index is 11.5. The second-order valence-corrected chi connectivity index (χ2v) is 4.59. The van der Waals surface area contributed by atoms with Gasteiger partial charge in [0.25, 0.3) is 0 Å². The number of amides is 1. The summed E-state index contributed by atoms with van der Waals surface area (Å²) in [6, 6.07) is 7.24. The van der Waals surface area contributed by atoms with Crippen LogP contribution in [0.25, 0.3) is 0 Å². The minimum atomic E-state index is -0.127. The molecule has 0 aromatic heterocycles. The molecule has 0 saturated heterocycles. The van der Waals surface area contributed by atoms with Gasteiger partial charge in [0.1, 0.15) is 5.75 Å². The lowest BCUT2D eigenvalue weighted by molar-refractivity contribution is -0.116. The lowest BCUT2D eigenvalue weighted by Crippen LogP contribution is -2.23. The van der Waals surface area contributed by atoms with E-state index in [9.17, 15) is 4.79 Å². The van der Waals surface area contributed by atoms with Gasteiger partial charge in [0, 0.05) is 18.2 Å². The standard InChI is InChI=1S/C14H22N2O2.ClH/c1-4-11(3)18-13-7-5-12(6-8-13)16-14(17)9-10(2)15;/h5-8,10-11H,4,9,15H2,1-3H3,(H,16,17);1H. The molecule has 1 amide bonds. The molecule has 0 fully saturated rings. The zero-order valence-corrected chi connectivity index (χ0v) is 12.5. The van der Waals surface area contributed by atoms with E-state index in [2.05, 4.69) is 12.2 Å². The van der Waals surface area contributed by atoms with Crippen molar-refractivity contribution in [2.75, 3.05) is 5.32 Å². The molecular weight excluding hydrogens is 264 g/mol. The van der Waals surface area contributed by atoms with Crippen molar-refractivity contribution < 1.29 is 9.53 Å². The van der Waals surface area contributed by atoms with Gasteiger partial charge in [-0.05, 0) is 44.5 Å². The van der Waals surface area contributed by atoms with E-state index in [1.807, 2.05) is 38.1 Å². The Labute approximate surface area is 121 Å². The van der Waals surface area contributed by atoms with Gasteiger partial charge in [0.2, 0.25) is 5.91 Å². The highest BCUT2D eigenvalue weighted by Crippen LogP contribution is 2.17. The van der Waals surface area contributed by atoms with Crippen LogP contribution in [-0.2, 0) is 4.79 Å². The molecule has 0 aliphatic rings. The molecule has 1 rings (SSSR count). The molecule has 1 aromatic carbocycles. The Bertz CT molecular complexity index is 380. The monoisotopic (exact) mass is 286 g/mol. The molecule has 2 unspecified atom stereocenters. The third-order valence-corrected chi connectivity index (χ3v) is 2.56. The average Bonchev–Trinajstić information content (AvgIpc) is 2.30. The fourth-order valence-corrected chi connectivity index (χ4v) is 1.44. The number of ether oxygens (including phenoxy) is 1. The van der Waals surface area contributed by atoms with Crippen LogP contribution in [0.2, 0.25) is 0 Å². The van der Waals surface area contributed by atoms with Crippen LogP contribution in [0, 0.1) is 0 Å². The largest absolute Gasteiger partial charge is 0.491 e. The Morgan fingerprint density at radius 2 is 1.89 bits per heavy atom. The number of nitrogens with one attached hydrogen (secondary N) is 1. The predicted molar refractivity (Wildman–Crippen MR) is 81.0 cm³/mol. The van der Waals surface area contributed by atoms with E-state index >= 15 is 0 Å². The highest BCUT2D eigenvalue weighted by Gasteiger charge is 2.06. The number of anilines is 1. The number of hydrogen-bond acceptors (Lipinski definition) is 3. The molecule has 4 nitrogen and oxygen atoms in total. The number of carbonyl (C=O) groups excluding carboxylic acids is 1. The quantitative estimate of drug-likeness (QED) is 0.845. The van der Waals surface area contributed by atoms with Crippen molar-refractivity contribution in [2.45, 2.75) is 45.8 Å². The van der Waals surface area contributed by atoms with E-state index in [4.69, 9.17) is 10.5 Å². The van der Waals surface area contributed by atoms with Gasteiger partial charge in [-0.3, -0.25) is 4.79 Å². The van der Waals surface area contributed by atoms with Gasteiger partial charge in [-0.25, -0.2) is 0 Å². The van der Waals surface area contributed by atoms with Crippen molar-refractivity contribution in [3.63, 3.8) is 0 Å². The molecule has 0 radical (unpaired) electrons. The van der Waals surface area contributed by atoms with Crippen molar-refractivity contribution >= 4 is 24.0 Å². The van der Waals surface area contributed by atoms with Crippen molar-refractivity contribution in [3.05, 3.63) is 24.3 Å². The topological polar surface area (TPSA) is 64.3 Å². The van der Waals surface area contributed by atoms with Gasteiger partial charge >= 0.3 is 0 Å². The first-order valence-electron chi connectivity index (χ1n) is 6.33. The average molecular weight is 287 g/mol. The summed E-state index contributed by atoms with van der Waals surface area (Å²) in [7, 11) is 0. The lowest BCUT2D eigenvalue weighted by atomic mass is 10.2. The molecule has 0 aliphatic heterocycles. The number of carbonyl (C=O) groups is 1. The molecule has 3 N–H and O–H groups in total. The summed E-state index contributed by atoms with van der Waals surface area (Å²) < 4.78 is 5.66. The van der Waals surface area contributed by atoms with Crippen LogP contribution < -0.4 is 15.8 Å². The van der Waals surface area contributed by atoms with E-state index in [0.717, 1.165) is 17.9 Å². The van der Waals surface area contributed by atoms with Crippen LogP contribution >= 0.6 is 12.4 Å². The third kappa shape index (κ3) is 7.03. The molecule has 0 saturated carbocycles. The SMILES string of the molecule is CCC(C)Oc1ccc(NC(=O)CC(C)N)cc1.Cl. The van der Waals surface area contributed by atoms with Crippen LogP contribution in [0.1, 0.15) is 33.6 Å². The molecule has 2 atom stereocenters. The van der Waals surface area contributed by atoms with E-state index < -0.39 is 0 Å². The van der Waals surface area contributed by atoms with Crippen molar-refractivity contribution in [3.8, 4) is 5.75 Å². The molecule has 0 spiro atoms. The summed E-state index contributed by atoms with van der Waals surface area (Å²) in [5, 5.41) is 2.79. The van der Waals surface area contributed by atoms with Gasteiger partial charge < -0.3 is 15.8 Å². The zero-order valence-electron chi connectivity index (χ0n) is 11.7. The summed E-state index contributed by atoms with van der Waals surface area (Å²) in [6.45, 7) is 5.91. The fraction of sp³-hybridized carbons (Fsp3) is 0.500. The highest BCUT2D eigenvalue weighted by molar-refractivity contribution is 5.91. The predicted octanol–water partition coefficient (Wildman–Crippen LogP) is 2.96. The minimum absolute atomic E-state index is 0. The van der Waals surface area contributed by atoms with Gasteiger partial charge in [0.15, 0.2) is 0 Å². The Balaban J connectivity index is 0.00000324. The molecule has 5 heteroatoms. The maximum absolute atomic E-state index is 11.5. The Hall–Kier alpha value is -1.26. The van der Waals surface area contributed by atoms with Crippen molar-refractivity contribution in [1.29, 1.82) is 0 Å². The third-order valence-electron chi connectivity index (χ3n) is 2.56. The summed E-state index contributed by atoms with van der Waals surface area (Å²) in [5.41, 5.74) is 6.32. The highest BCUT2D eigenvalue weighted by atomic mass is 35.5. The van der Waals surface area contributed by atoms with Crippen LogP contribution in [0.4, 0.5) is 5.69 Å². The van der Waals surface area contributed by atoms with E-state index in [0.29, 0.717) is 6.42 Å². The molecule has 1 aromatic rings.